The van der Waals surface area contributed by atoms with Gasteiger partial charge in [-0.05, 0) is 43.0 Å². The molecule has 2 aromatic rings. The van der Waals surface area contributed by atoms with Crippen molar-refractivity contribution in [1.29, 1.82) is 0 Å². The molecule has 25 heavy (non-hydrogen) atoms. The highest BCUT2D eigenvalue weighted by Crippen LogP contribution is 2.21. The third kappa shape index (κ3) is 5.24. The van der Waals surface area contributed by atoms with Crippen LogP contribution in [0.2, 0.25) is 0 Å². The number of methoxy groups -OCH3 is 1. The average Bonchev–Trinajstić information content (AvgIpc) is 2.66. The predicted octanol–water partition coefficient (Wildman–Crippen LogP) is 4.29. The molecular formula is C21H27NO3. The Labute approximate surface area is 150 Å². The highest BCUT2D eigenvalue weighted by molar-refractivity contribution is 5.81. The number of rotatable bonds is 8. The van der Waals surface area contributed by atoms with Crippen LogP contribution in [0.3, 0.4) is 0 Å². The van der Waals surface area contributed by atoms with Crippen molar-refractivity contribution < 1.29 is 14.3 Å². The van der Waals surface area contributed by atoms with Gasteiger partial charge in [0.25, 0.3) is 5.91 Å². The Balaban J connectivity index is 2.00. The summed E-state index contributed by atoms with van der Waals surface area (Å²) in [4.78, 5) is 12.6. The van der Waals surface area contributed by atoms with Gasteiger partial charge >= 0.3 is 0 Å². The van der Waals surface area contributed by atoms with E-state index in [4.69, 9.17) is 9.47 Å². The number of ether oxygens (including phenoxy) is 2. The third-order valence-electron chi connectivity index (χ3n) is 4.23. The average molecular weight is 341 g/mol. The third-order valence-corrected chi connectivity index (χ3v) is 4.23. The van der Waals surface area contributed by atoms with E-state index in [1.54, 1.807) is 13.2 Å². The van der Waals surface area contributed by atoms with Gasteiger partial charge in [0.15, 0.2) is 6.10 Å². The summed E-state index contributed by atoms with van der Waals surface area (Å²) in [6.45, 7) is 6.05. The second-order valence-corrected chi connectivity index (χ2v) is 6.02. The molecule has 0 radical (unpaired) electrons. The molecular weight excluding hydrogens is 314 g/mol. The van der Waals surface area contributed by atoms with Crippen LogP contribution < -0.4 is 14.8 Å². The van der Waals surface area contributed by atoms with E-state index >= 15 is 0 Å². The summed E-state index contributed by atoms with van der Waals surface area (Å²) < 4.78 is 11.0. The number of carbonyl (C=O) groups excluding carboxylic acids is 1. The fourth-order valence-electron chi connectivity index (χ4n) is 2.59. The zero-order chi connectivity index (χ0) is 18.2. The van der Waals surface area contributed by atoms with Gasteiger partial charge in [0.05, 0.1) is 13.2 Å². The molecule has 0 saturated heterocycles. The first kappa shape index (κ1) is 18.8. The van der Waals surface area contributed by atoms with E-state index in [0.29, 0.717) is 17.9 Å². The Kier molecular flexibility index (Phi) is 6.87. The molecule has 0 aliphatic rings. The van der Waals surface area contributed by atoms with Gasteiger partial charge in [-0.1, -0.05) is 44.2 Å². The van der Waals surface area contributed by atoms with E-state index in [9.17, 15) is 4.79 Å². The smallest absolute Gasteiger partial charge is 0.261 e. The standard InChI is InChI=1S/C21H27NO3/c1-5-16-10-12-17(13-11-16)15(3)22-21(23)20(6-2)25-19-9-7-8-18(14-19)24-4/h7-15,20H,5-6H2,1-4H3,(H,22,23)/t15-,20-/m0/s1. The summed E-state index contributed by atoms with van der Waals surface area (Å²) in [6.07, 6.45) is 1.06. The molecule has 0 spiro atoms. The molecule has 4 heteroatoms. The molecule has 0 aliphatic heterocycles. The van der Waals surface area contributed by atoms with Crippen molar-refractivity contribution >= 4 is 5.91 Å². The van der Waals surface area contributed by atoms with Crippen LogP contribution >= 0.6 is 0 Å². The van der Waals surface area contributed by atoms with E-state index < -0.39 is 6.10 Å². The van der Waals surface area contributed by atoms with Gasteiger partial charge in [-0.2, -0.15) is 0 Å². The lowest BCUT2D eigenvalue weighted by Gasteiger charge is -2.21. The monoisotopic (exact) mass is 341 g/mol. The highest BCUT2D eigenvalue weighted by atomic mass is 16.5. The molecule has 1 N–H and O–H groups in total. The van der Waals surface area contributed by atoms with Crippen LogP contribution in [-0.2, 0) is 11.2 Å². The molecule has 0 saturated carbocycles. The van der Waals surface area contributed by atoms with Crippen LogP contribution in [0.4, 0.5) is 0 Å². The molecule has 0 unspecified atom stereocenters. The van der Waals surface area contributed by atoms with Gasteiger partial charge in [-0.25, -0.2) is 0 Å². The summed E-state index contributed by atoms with van der Waals surface area (Å²) in [5.41, 5.74) is 2.37. The Morgan fingerprint density at radius 2 is 1.76 bits per heavy atom. The number of hydrogen-bond acceptors (Lipinski definition) is 3. The molecule has 134 valence electrons. The zero-order valence-electron chi connectivity index (χ0n) is 15.4. The fourth-order valence-corrected chi connectivity index (χ4v) is 2.59. The molecule has 0 aliphatic carbocycles. The van der Waals surface area contributed by atoms with Gasteiger partial charge in [-0.3, -0.25) is 4.79 Å². The molecule has 0 bridgehead atoms. The number of carbonyl (C=O) groups is 1. The maximum absolute atomic E-state index is 12.6. The minimum atomic E-state index is -0.538. The molecule has 4 nitrogen and oxygen atoms in total. The number of hydrogen-bond donors (Lipinski definition) is 1. The Hall–Kier alpha value is -2.49. The molecule has 0 aromatic heterocycles. The molecule has 2 atom stereocenters. The summed E-state index contributed by atoms with van der Waals surface area (Å²) in [5.74, 6) is 1.22. The zero-order valence-corrected chi connectivity index (χ0v) is 15.4. The van der Waals surface area contributed by atoms with Crippen molar-refractivity contribution in [3.05, 3.63) is 59.7 Å². The molecule has 0 heterocycles. The molecule has 0 fully saturated rings. The van der Waals surface area contributed by atoms with Gasteiger partial charge in [-0.15, -0.1) is 0 Å². The predicted molar refractivity (Wildman–Crippen MR) is 100 cm³/mol. The van der Waals surface area contributed by atoms with Gasteiger partial charge in [0, 0.05) is 6.07 Å². The van der Waals surface area contributed by atoms with E-state index in [1.165, 1.54) is 5.56 Å². The first-order valence-corrected chi connectivity index (χ1v) is 8.77. The van der Waals surface area contributed by atoms with Crippen molar-refractivity contribution in [1.82, 2.24) is 5.32 Å². The van der Waals surface area contributed by atoms with Crippen LogP contribution in [0.5, 0.6) is 11.5 Å². The maximum Gasteiger partial charge on any atom is 0.261 e. The van der Waals surface area contributed by atoms with E-state index in [0.717, 1.165) is 12.0 Å². The summed E-state index contributed by atoms with van der Waals surface area (Å²) in [6, 6.07) is 15.5. The van der Waals surface area contributed by atoms with Crippen LogP contribution in [0.15, 0.2) is 48.5 Å². The van der Waals surface area contributed by atoms with Gasteiger partial charge < -0.3 is 14.8 Å². The van der Waals surface area contributed by atoms with Crippen LogP contribution in [0.25, 0.3) is 0 Å². The first-order chi connectivity index (χ1) is 12.1. The Morgan fingerprint density at radius 3 is 2.36 bits per heavy atom. The van der Waals surface area contributed by atoms with Crippen molar-refractivity contribution in [2.75, 3.05) is 7.11 Å². The van der Waals surface area contributed by atoms with E-state index in [2.05, 4.69) is 36.5 Å². The van der Waals surface area contributed by atoms with Crippen molar-refractivity contribution in [3.63, 3.8) is 0 Å². The first-order valence-electron chi connectivity index (χ1n) is 8.77. The van der Waals surface area contributed by atoms with Crippen LogP contribution in [0, 0.1) is 0 Å². The number of benzene rings is 2. The Morgan fingerprint density at radius 1 is 1.08 bits per heavy atom. The lowest BCUT2D eigenvalue weighted by Crippen LogP contribution is -2.39. The molecule has 1 amide bonds. The van der Waals surface area contributed by atoms with Crippen LogP contribution in [0.1, 0.15) is 44.4 Å². The van der Waals surface area contributed by atoms with Crippen LogP contribution in [-0.4, -0.2) is 19.1 Å². The maximum atomic E-state index is 12.6. The highest BCUT2D eigenvalue weighted by Gasteiger charge is 2.20. The fraction of sp³-hybridized carbons (Fsp3) is 0.381. The van der Waals surface area contributed by atoms with Gasteiger partial charge in [0.1, 0.15) is 11.5 Å². The largest absolute Gasteiger partial charge is 0.497 e. The molecule has 2 rings (SSSR count). The second kappa shape index (κ2) is 9.11. The van der Waals surface area contributed by atoms with E-state index in [1.807, 2.05) is 32.0 Å². The SMILES string of the molecule is CCc1ccc([C@H](C)NC(=O)[C@H](CC)Oc2cccc(OC)c2)cc1. The van der Waals surface area contributed by atoms with Crippen molar-refractivity contribution in [2.45, 2.75) is 45.8 Å². The minimum absolute atomic E-state index is 0.0682. The Bertz CT molecular complexity index is 682. The molecule has 2 aromatic carbocycles. The van der Waals surface area contributed by atoms with Crippen molar-refractivity contribution in [2.24, 2.45) is 0 Å². The summed E-state index contributed by atoms with van der Waals surface area (Å²) in [7, 11) is 1.61. The lowest BCUT2D eigenvalue weighted by molar-refractivity contribution is -0.128. The number of nitrogens with one attached hydrogen (secondary N) is 1. The van der Waals surface area contributed by atoms with Crippen molar-refractivity contribution in [3.8, 4) is 11.5 Å². The van der Waals surface area contributed by atoms with E-state index in [-0.39, 0.29) is 11.9 Å². The topological polar surface area (TPSA) is 47.6 Å². The second-order valence-electron chi connectivity index (χ2n) is 6.02. The van der Waals surface area contributed by atoms with Gasteiger partial charge in [0.2, 0.25) is 0 Å². The normalized spacial score (nSPS) is 13.0. The lowest BCUT2D eigenvalue weighted by atomic mass is 10.0. The number of amides is 1. The number of aryl methyl sites for hydroxylation is 1. The summed E-state index contributed by atoms with van der Waals surface area (Å²) >= 11 is 0. The quantitative estimate of drug-likeness (QED) is 0.779. The summed E-state index contributed by atoms with van der Waals surface area (Å²) in [5, 5.41) is 3.04. The minimum Gasteiger partial charge on any atom is -0.497 e.